The third-order valence-corrected chi connectivity index (χ3v) is 2.61. The van der Waals surface area contributed by atoms with Gasteiger partial charge in [0.25, 0.3) is 0 Å². The highest BCUT2D eigenvalue weighted by Crippen LogP contribution is 2.26. The summed E-state index contributed by atoms with van der Waals surface area (Å²) in [5.41, 5.74) is -0.0759. The van der Waals surface area contributed by atoms with E-state index in [2.05, 4.69) is 0 Å². The summed E-state index contributed by atoms with van der Waals surface area (Å²) in [6.45, 7) is 0. The lowest BCUT2D eigenvalue weighted by molar-refractivity contribution is 0.0927. The van der Waals surface area contributed by atoms with Crippen LogP contribution in [-0.2, 0) is 6.42 Å². The first kappa shape index (κ1) is 9.99. The molecular formula is C13H14O2. The van der Waals surface area contributed by atoms with Gasteiger partial charge >= 0.3 is 0 Å². The third-order valence-electron chi connectivity index (χ3n) is 2.61. The van der Waals surface area contributed by atoms with Crippen LogP contribution >= 0.6 is 0 Å². The van der Waals surface area contributed by atoms with Gasteiger partial charge in [-0.2, -0.15) is 0 Å². The van der Waals surface area contributed by atoms with Gasteiger partial charge < -0.3 is 10.2 Å². The Labute approximate surface area is 89.2 Å². The van der Waals surface area contributed by atoms with E-state index in [0.29, 0.717) is 12.8 Å². The lowest BCUT2D eigenvalue weighted by Gasteiger charge is -2.25. The predicted octanol–water partition coefficient (Wildman–Crippen LogP) is 2.18. The zero-order valence-corrected chi connectivity index (χ0v) is 8.43. The maximum atomic E-state index is 10.2. The molecule has 0 radical (unpaired) electrons. The van der Waals surface area contributed by atoms with Crippen LogP contribution in [0, 0.1) is 0 Å². The van der Waals surface area contributed by atoms with Crippen LogP contribution in [0.5, 0.6) is 5.75 Å². The Balaban J connectivity index is 2.18. The van der Waals surface area contributed by atoms with Crippen molar-refractivity contribution in [1.82, 2.24) is 0 Å². The number of benzene rings is 1. The van der Waals surface area contributed by atoms with Gasteiger partial charge in [0.2, 0.25) is 0 Å². The maximum Gasteiger partial charge on any atom is 0.118 e. The Hall–Kier alpha value is -1.54. The number of hydrogen-bond acceptors (Lipinski definition) is 2. The Kier molecular flexibility index (Phi) is 2.60. The second kappa shape index (κ2) is 3.91. The van der Waals surface area contributed by atoms with E-state index in [1.165, 1.54) is 0 Å². The van der Waals surface area contributed by atoms with Crippen molar-refractivity contribution in [1.29, 1.82) is 0 Å². The molecule has 78 valence electrons. The minimum atomic E-state index is -0.854. The van der Waals surface area contributed by atoms with Gasteiger partial charge in [0, 0.05) is 6.42 Å². The van der Waals surface area contributed by atoms with Crippen molar-refractivity contribution in [3.05, 3.63) is 54.1 Å². The monoisotopic (exact) mass is 202 g/mol. The summed E-state index contributed by atoms with van der Waals surface area (Å²) in [6.07, 6.45) is 8.50. The molecule has 1 aromatic carbocycles. The summed E-state index contributed by atoms with van der Waals surface area (Å²) < 4.78 is 0. The molecule has 2 heteroatoms. The third kappa shape index (κ3) is 2.28. The molecule has 0 spiro atoms. The van der Waals surface area contributed by atoms with Gasteiger partial charge in [-0.1, -0.05) is 42.5 Å². The minimum absolute atomic E-state index is 0.244. The molecule has 0 saturated carbocycles. The molecule has 0 bridgehead atoms. The summed E-state index contributed by atoms with van der Waals surface area (Å²) in [5.74, 6) is 0.244. The van der Waals surface area contributed by atoms with Crippen molar-refractivity contribution in [3.8, 4) is 5.75 Å². The highest BCUT2D eigenvalue weighted by molar-refractivity contribution is 5.35. The van der Waals surface area contributed by atoms with Crippen molar-refractivity contribution in [2.75, 3.05) is 0 Å². The lowest BCUT2D eigenvalue weighted by atomic mass is 9.88. The predicted molar refractivity (Wildman–Crippen MR) is 59.7 cm³/mol. The lowest BCUT2D eigenvalue weighted by Crippen LogP contribution is -2.29. The Morgan fingerprint density at radius 1 is 1.20 bits per heavy atom. The number of rotatable bonds is 2. The molecule has 1 unspecified atom stereocenters. The van der Waals surface area contributed by atoms with Crippen molar-refractivity contribution in [2.45, 2.75) is 18.4 Å². The van der Waals surface area contributed by atoms with Crippen LogP contribution in [0.3, 0.4) is 0 Å². The minimum Gasteiger partial charge on any atom is -0.508 e. The van der Waals surface area contributed by atoms with Gasteiger partial charge in [-0.15, -0.1) is 0 Å². The van der Waals surface area contributed by atoms with Crippen molar-refractivity contribution in [3.63, 3.8) is 0 Å². The average Bonchev–Trinajstić information content (AvgIpc) is 2.22. The molecular weight excluding hydrogens is 188 g/mol. The van der Waals surface area contributed by atoms with Crippen molar-refractivity contribution < 1.29 is 10.2 Å². The molecule has 1 aromatic rings. The molecule has 0 fully saturated rings. The summed E-state index contributed by atoms with van der Waals surface area (Å²) in [6, 6.07) is 7.11. The summed E-state index contributed by atoms with van der Waals surface area (Å²) in [5, 5.41) is 19.8. The van der Waals surface area contributed by atoms with Gasteiger partial charge in [0.15, 0.2) is 0 Å². The molecule has 0 heterocycles. The SMILES string of the molecule is Oc1ccccc1CC1(O)C=CC=CC1. The van der Waals surface area contributed by atoms with Crippen molar-refractivity contribution >= 4 is 0 Å². The van der Waals surface area contributed by atoms with E-state index in [1.807, 2.05) is 30.4 Å². The van der Waals surface area contributed by atoms with E-state index in [-0.39, 0.29) is 5.75 Å². The normalized spacial score (nSPS) is 24.3. The first-order valence-electron chi connectivity index (χ1n) is 5.03. The van der Waals surface area contributed by atoms with Gasteiger partial charge in [-0.3, -0.25) is 0 Å². The molecule has 1 aliphatic carbocycles. The second-order valence-electron chi connectivity index (χ2n) is 3.90. The van der Waals surface area contributed by atoms with Crippen LogP contribution in [0.1, 0.15) is 12.0 Å². The topological polar surface area (TPSA) is 40.5 Å². The number of phenolic OH excluding ortho intramolecular Hbond substituents is 1. The van der Waals surface area contributed by atoms with Gasteiger partial charge in [-0.25, -0.2) is 0 Å². The van der Waals surface area contributed by atoms with Crippen LogP contribution in [-0.4, -0.2) is 15.8 Å². The second-order valence-corrected chi connectivity index (χ2v) is 3.90. The molecule has 0 aliphatic heterocycles. The van der Waals surface area contributed by atoms with E-state index in [1.54, 1.807) is 18.2 Å². The van der Waals surface area contributed by atoms with E-state index >= 15 is 0 Å². The number of aromatic hydroxyl groups is 1. The fraction of sp³-hybridized carbons (Fsp3) is 0.231. The molecule has 15 heavy (non-hydrogen) atoms. The summed E-state index contributed by atoms with van der Waals surface area (Å²) in [4.78, 5) is 0. The fourth-order valence-electron chi connectivity index (χ4n) is 1.77. The van der Waals surface area contributed by atoms with Crippen molar-refractivity contribution in [2.24, 2.45) is 0 Å². The van der Waals surface area contributed by atoms with Crippen LogP contribution in [0.25, 0.3) is 0 Å². The first-order valence-corrected chi connectivity index (χ1v) is 5.03. The van der Waals surface area contributed by atoms with E-state index in [4.69, 9.17) is 0 Å². The standard InChI is InChI=1S/C13H14O2/c14-12-7-3-2-6-11(12)10-13(15)8-4-1-5-9-13/h1-8,14-15H,9-10H2. The number of aliphatic hydroxyl groups is 1. The zero-order chi connectivity index (χ0) is 10.7. The van der Waals surface area contributed by atoms with E-state index < -0.39 is 5.60 Å². The average molecular weight is 202 g/mol. The van der Waals surface area contributed by atoms with Gasteiger partial charge in [-0.05, 0) is 18.1 Å². The molecule has 2 rings (SSSR count). The van der Waals surface area contributed by atoms with Crippen LogP contribution in [0.2, 0.25) is 0 Å². The zero-order valence-electron chi connectivity index (χ0n) is 8.43. The highest BCUT2D eigenvalue weighted by atomic mass is 16.3. The Morgan fingerprint density at radius 3 is 2.67 bits per heavy atom. The molecule has 1 aliphatic rings. The maximum absolute atomic E-state index is 10.2. The van der Waals surface area contributed by atoms with Crippen LogP contribution in [0.4, 0.5) is 0 Å². The number of phenols is 1. The Bertz CT molecular complexity index is 407. The van der Waals surface area contributed by atoms with E-state index in [0.717, 1.165) is 5.56 Å². The number of allylic oxidation sites excluding steroid dienone is 2. The smallest absolute Gasteiger partial charge is 0.118 e. The molecule has 0 amide bonds. The number of para-hydroxylation sites is 1. The first-order chi connectivity index (χ1) is 7.20. The molecule has 2 N–H and O–H groups in total. The molecule has 2 nitrogen and oxygen atoms in total. The summed E-state index contributed by atoms with van der Waals surface area (Å²) in [7, 11) is 0. The highest BCUT2D eigenvalue weighted by Gasteiger charge is 2.24. The van der Waals surface area contributed by atoms with Gasteiger partial charge in [0.1, 0.15) is 5.75 Å². The van der Waals surface area contributed by atoms with E-state index in [9.17, 15) is 10.2 Å². The summed E-state index contributed by atoms with van der Waals surface area (Å²) >= 11 is 0. The van der Waals surface area contributed by atoms with Gasteiger partial charge in [0.05, 0.1) is 5.60 Å². The largest absolute Gasteiger partial charge is 0.508 e. The van der Waals surface area contributed by atoms with Crippen LogP contribution in [0.15, 0.2) is 48.6 Å². The molecule has 0 saturated heterocycles. The Morgan fingerprint density at radius 2 is 2.00 bits per heavy atom. The fourth-order valence-corrected chi connectivity index (χ4v) is 1.77. The van der Waals surface area contributed by atoms with Crippen LogP contribution < -0.4 is 0 Å². The molecule has 1 atom stereocenters. The quantitative estimate of drug-likeness (QED) is 0.771. The molecule has 0 aromatic heterocycles. The number of hydrogen-bond donors (Lipinski definition) is 2.